The van der Waals surface area contributed by atoms with Crippen LogP contribution in [0.2, 0.25) is 0 Å². The summed E-state index contributed by atoms with van der Waals surface area (Å²) < 4.78 is 3.41. The van der Waals surface area contributed by atoms with E-state index >= 15 is 0 Å². The second-order valence-corrected chi connectivity index (χ2v) is 4.05. The van der Waals surface area contributed by atoms with Crippen molar-refractivity contribution in [3.8, 4) is 0 Å². The van der Waals surface area contributed by atoms with Gasteiger partial charge in [-0.3, -0.25) is 0 Å². The minimum Gasteiger partial charge on any atom is -0.324 e. The van der Waals surface area contributed by atoms with Gasteiger partial charge in [-0.2, -0.15) is 0 Å². The summed E-state index contributed by atoms with van der Waals surface area (Å²) in [5.74, 6) is 0. The molecule has 15 heavy (non-hydrogen) atoms. The molecule has 0 spiro atoms. The molecule has 0 bridgehead atoms. The molecule has 0 aliphatic carbocycles. The van der Waals surface area contributed by atoms with E-state index < -0.39 is 0 Å². The van der Waals surface area contributed by atoms with Gasteiger partial charge in [-0.25, -0.2) is 4.58 Å². The van der Waals surface area contributed by atoms with Crippen LogP contribution in [0.1, 0.15) is 34.1 Å². The van der Waals surface area contributed by atoms with Crippen molar-refractivity contribution < 1.29 is 9.06 Å². The normalized spacial score (nSPS) is 12.9. The van der Waals surface area contributed by atoms with Gasteiger partial charge in [0, 0.05) is 6.92 Å². The lowest BCUT2D eigenvalue weighted by atomic mass is 10.2. The van der Waals surface area contributed by atoms with Crippen molar-refractivity contribution in [1.82, 2.24) is 0 Å². The summed E-state index contributed by atoms with van der Waals surface area (Å²) in [5.41, 5.74) is 0. The van der Waals surface area contributed by atoms with Gasteiger partial charge in [0.05, 0.1) is 32.6 Å². The summed E-state index contributed by atoms with van der Waals surface area (Å²) in [5, 5.41) is 0. The Kier molecular flexibility index (Phi) is 7.31. The largest absolute Gasteiger partial charge is 0.324 e. The zero-order valence-electron chi connectivity index (χ0n) is 11.0. The predicted molar refractivity (Wildman–Crippen MR) is 68.4 cm³/mol. The molecule has 0 aromatic heterocycles. The molecular weight excluding hydrogens is 184 g/mol. The van der Waals surface area contributed by atoms with Gasteiger partial charge in [-0.15, -0.1) is 0 Å². The van der Waals surface area contributed by atoms with E-state index in [9.17, 15) is 0 Å². The molecule has 0 saturated heterocycles. The average Bonchev–Trinajstić information content (AvgIpc) is 2.31. The highest BCUT2D eigenvalue weighted by molar-refractivity contribution is 5.47. The van der Waals surface area contributed by atoms with E-state index in [2.05, 4.69) is 45.1 Å². The summed E-state index contributed by atoms with van der Waals surface area (Å²) in [6.07, 6.45) is 5.23. The number of rotatable bonds is 8. The van der Waals surface area contributed by atoms with Crippen molar-refractivity contribution in [3.05, 3.63) is 12.8 Å². The zero-order chi connectivity index (χ0) is 11.7. The first-order chi connectivity index (χ1) is 7.17. The highest BCUT2D eigenvalue weighted by atomic mass is 15.3. The van der Waals surface area contributed by atoms with Gasteiger partial charge in [-0.05, 0) is 27.4 Å². The van der Waals surface area contributed by atoms with Crippen LogP contribution in [-0.2, 0) is 0 Å². The Balaban J connectivity index is 4.06. The van der Waals surface area contributed by atoms with Crippen LogP contribution < -0.4 is 0 Å². The number of hydrogen-bond donors (Lipinski definition) is 0. The van der Waals surface area contributed by atoms with Crippen molar-refractivity contribution in [2.45, 2.75) is 34.1 Å². The standard InChI is InChI=1S/C13H28N2/c1-6-14(7-2)12-11-13-15(8-3,9-4)10-5/h6-7H,1,8-13H2,2-5H3/q+2. The second-order valence-electron chi connectivity index (χ2n) is 4.05. The lowest BCUT2D eigenvalue weighted by molar-refractivity contribution is -0.924. The van der Waals surface area contributed by atoms with Gasteiger partial charge >= 0.3 is 0 Å². The van der Waals surface area contributed by atoms with Gasteiger partial charge in [0.25, 0.3) is 0 Å². The van der Waals surface area contributed by atoms with Gasteiger partial charge in [0.2, 0.25) is 0 Å². The third kappa shape index (κ3) is 4.61. The Hall–Kier alpha value is -0.630. The van der Waals surface area contributed by atoms with Crippen LogP contribution >= 0.6 is 0 Å². The van der Waals surface area contributed by atoms with E-state index in [1.807, 2.05) is 6.20 Å². The maximum atomic E-state index is 3.80. The maximum absolute atomic E-state index is 3.80. The quantitative estimate of drug-likeness (QED) is 0.330. The van der Waals surface area contributed by atoms with E-state index in [4.69, 9.17) is 0 Å². The SMILES string of the molecule is C=C[N+](=CC)CCC[N+](CC)(CC)CC. The molecule has 0 aromatic carbocycles. The third-order valence-corrected chi connectivity index (χ3v) is 3.63. The van der Waals surface area contributed by atoms with Crippen molar-refractivity contribution in [1.29, 1.82) is 0 Å². The van der Waals surface area contributed by atoms with E-state index in [1.165, 1.54) is 37.1 Å². The molecule has 2 heteroatoms. The molecule has 0 aliphatic rings. The van der Waals surface area contributed by atoms with Crippen LogP contribution in [0, 0.1) is 0 Å². The van der Waals surface area contributed by atoms with Gasteiger partial charge in [0.1, 0.15) is 6.21 Å². The molecular formula is C13H28N2+2. The molecule has 0 aliphatic heterocycles. The van der Waals surface area contributed by atoms with E-state index in [0.717, 1.165) is 6.54 Å². The molecule has 0 rings (SSSR count). The van der Waals surface area contributed by atoms with Crippen LogP contribution in [0.5, 0.6) is 0 Å². The molecule has 0 fully saturated rings. The maximum Gasteiger partial charge on any atom is 0.161 e. The topological polar surface area (TPSA) is 3.01 Å². The molecule has 88 valence electrons. The average molecular weight is 212 g/mol. The molecule has 0 aromatic rings. The molecule has 0 saturated carbocycles. The fourth-order valence-corrected chi connectivity index (χ4v) is 2.06. The first-order valence-electron chi connectivity index (χ1n) is 6.20. The van der Waals surface area contributed by atoms with E-state index in [1.54, 1.807) is 0 Å². The van der Waals surface area contributed by atoms with Crippen LogP contribution in [0.15, 0.2) is 12.8 Å². The van der Waals surface area contributed by atoms with Crippen molar-refractivity contribution in [2.24, 2.45) is 0 Å². The summed E-state index contributed by atoms with van der Waals surface area (Å²) in [7, 11) is 0. The van der Waals surface area contributed by atoms with Crippen LogP contribution in [0.4, 0.5) is 0 Å². The Labute approximate surface area is 95.5 Å². The summed E-state index contributed by atoms with van der Waals surface area (Å²) >= 11 is 0. The zero-order valence-corrected chi connectivity index (χ0v) is 11.0. The Morgan fingerprint density at radius 3 is 2.00 bits per heavy atom. The smallest absolute Gasteiger partial charge is 0.161 e. The monoisotopic (exact) mass is 212 g/mol. The molecule has 0 amide bonds. The number of quaternary nitrogens is 1. The van der Waals surface area contributed by atoms with Gasteiger partial charge < -0.3 is 4.48 Å². The Morgan fingerprint density at radius 2 is 1.67 bits per heavy atom. The lowest BCUT2D eigenvalue weighted by Gasteiger charge is -2.35. The third-order valence-electron chi connectivity index (χ3n) is 3.63. The summed E-state index contributed by atoms with van der Waals surface area (Å²) in [6.45, 7) is 18.9. The minimum absolute atomic E-state index is 1.10. The van der Waals surface area contributed by atoms with Crippen LogP contribution in [-0.4, -0.2) is 48.0 Å². The second kappa shape index (κ2) is 7.63. The Bertz CT molecular complexity index is 194. The molecule has 0 N–H and O–H groups in total. The van der Waals surface area contributed by atoms with Crippen molar-refractivity contribution >= 4 is 6.21 Å². The van der Waals surface area contributed by atoms with Crippen molar-refractivity contribution in [3.63, 3.8) is 0 Å². The first-order valence-corrected chi connectivity index (χ1v) is 6.20. The fourth-order valence-electron chi connectivity index (χ4n) is 2.06. The molecule has 2 nitrogen and oxygen atoms in total. The van der Waals surface area contributed by atoms with E-state index in [-0.39, 0.29) is 0 Å². The van der Waals surface area contributed by atoms with Gasteiger partial charge in [-0.1, -0.05) is 0 Å². The fraction of sp³-hybridized carbons (Fsp3) is 0.769. The van der Waals surface area contributed by atoms with Crippen LogP contribution in [0.3, 0.4) is 0 Å². The van der Waals surface area contributed by atoms with E-state index in [0.29, 0.717) is 0 Å². The van der Waals surface area contributed by atoms with Gasteiger partial charge in [0.15, 0.2) is 12.7 Å². The lowest BCUT2D eigenvalue weighted by Crippen LogP contribution is -2.48. The number of nitrogens with zero attached hydrogens (tertiary/aromatic N) is 2. The van der Waals surface area contributed by atoms with Crippen LogP contribution in [0.25, 0.3) is 0 Å². The molecule has 0 heterocycles. The first kappa shape index (κ1) is 14.4. The van der Waals surface area contributed by atoms with Crippen molar-refractivity contribution in [2.75, 3.05) is 32.7 Å². The minimum atomic E-state index is 1.10. The summed E-state index contributed by atoms with van der Waals surface area (Å²) in [6, 6.07) is 0. The molecule has 0 unspecified atom stereocenters. The molecule has 0 atom stereocenters. The Morgan fingerprint density at radius 1 is 1.13 bits per heavy atom. The number of hydrogen-bond acceptors (Lipinski definition) is 0. The highest BCUT2D eigenvalue weighted by Crippen LogP contribution is 2.07. The highest BCUT2D eigenvalue weighted by Gasteiger charge is 2.20. The molecule has 0 radical (unpaired) electrons. The summed E-state index contributed by atoms with van der Waals surface area (Å²) in [4.78, 5) is 0. The predicted octanol–water partition coefficient (Wildman–Crippen LogP) is 2.50.